The van der Waals surface area contributed by atoms with Gasteiger partial charge in [-0.25, -0.2) is 4.99 Å². The van der Waals surface area contributed by atoms with Crippen LogP contribution < -0.4 is 10.6 Å². The van der Waals surface area contributed by atoms with Crippen molar-refractivity contribution in [2.24, 2.45) is 4.99 Å². The molecule has 7 nitrogen and oxygen atoms in total. The maximum absolute atomic E-state index is 12.5. The molecule has 0 bridgehead atoms. The smallest absolute Gasteiger partial charge is 0.249 e. The first-order valence-electron chi connectivity index (χ1n) is 7.80. The molecule has 2 heterocycles. The van der Waals surface area contributed by atoms with Crippen LogP contribution in [0.4, 0.5) is 5.69 Å². The van der Waals surface area contributed by atoms with Gasteiger partial charge in [0.1, 0.15) is 6.04 Å². The first-order valence-corrected chi connectivity index (χ1v) is 8.18. The van der Waals surface area contributed by atoms with E-state index in [9.17, 15) is 9.59 Å². The van der Waals surface area contributed by atoms with Gasteiger partial charge < -0.3 is 15.0 Å². The number of guanidine groups is 1. The van der Waals surface area contributed by atoms with Gasteiger partial charge in [0.05, 0.1) is 19.6 Å². The highest BCUT2D eigenvalue weighted by atomic mass is 35.5. The van der Waals surface area contributed by atoms with Gasteiger partial charge in [0.2, 0.25) is 17.8 Å². The van der Waals surface area contributed by atoms with Gasteiger partial charge in [-0.1, -0.05) is 17.7 Å². The van der Waals surface area contributed by atoms with Crippen molar-refractivity contribution in [2.75, 3.05) is 31.6 Å². The highest BCUT2D eigenvalue weighted by molar-refractivity contribution is 6.31. The Morgan fingerprint density at radius 1 is 1.42 bits per heavy atom. The molecule has 0 spiro atoms. The molecule has 1 aromatic rings. The van der Waals surface area contributed by atoms with E-state index >= 15 is 0 Å². The van der Waals surface area contributed by atoms with Crippen molar-refractivity contribution in [1.29, 1.82) is 0 Å². The highest BCUT2D eigenvalue weighted by Crippen LogP contribution is 2.21. The van der Waals surface area contributed by atoms with Gasteiger partial charge in [-0.3, -0.25) is 14.9 Å². The normalized spacial score (nSPS) is 21.1. The Morgan fingerprint density at radius 3 is 2.92 bits per heavy atom. The molecule has 8 heteroatoms. The monoisotopic (exact) mass is 350 g/mol. The van der Waals surface area contributed by atoms with E-state index in [-0.39, 0.29) is 18.2 Å². The van der Waals surface area contributed by atoms with Crippen molar-refractivity contribution in [3.05, 3.63) is 28.8 Å². The van der Waals surface area contributed by atoms with Gasteiger partial charge in [0, 0.05) is 23.8 Å². The minimum atomic E-state index is -0.755. The van der Waals surface area contributed by atoms with Gasteiger partial charge in [0.15, 0.2) is 0 Å². The Hall–Kier alpha value is -2.12. The summed E-state index contributed by atoms with van der Waals surface area (Å²) in [7, 11) is 0. The van der Waals surface area contributed by atoms with E-state index in [1.54, 1.807) is 12.1 Å². The topological polar surface area (TPSA) is 83.0 Å². The van der Waals surface area contributed by atoms with E-state index in [2.05, 4.69) is 15.6 Å². The average Bonchev–Trinajstić information content (AvgIpc) is 2.58. The number of ether oxygens (including phenoxy) is 1. The van der Waals surface area contributed by atoms with Crippen LogP contribution in [0.5, 0.6) is 0 Å². The maximum Gasteiger partial charge on any atom is 0.249 e. The van der Waals surface area contributed by atoms with Crippen LogP contribution in [0.3, 0.4) is 0 Å². The van der Waals surface area contributed by atoms with Crippen LogP contribution >= 0.6 is 11.6 Å². The summed E-state index contributed by atoms with van der Waals surface area (Å²) in [5.74, 6) is -0.0899. The molecule has 1 saturated heterocycles. The summed E-state index contributed by atoms with van der Waals surface area (Å²) >= 11 is 5.97. The molecule has 2 aliphatic heterocycles. The third kappa shape index (κ3) is 3.85. The molecule has 1 aromatic carbocycles. The number of morpholine rings is 1. The number of aliphatic imine (C=N–C) groups is 1. The van der Waals surface area contributed by atoms with E-state index < -0.39 is 6.04 Å². The number of anilines is 1. The van der Waals surface area contributed by atoms with Crippen molar-refractivity contribution in [2.45, 2.75) is 19.4 Å². The number of rotatable bonds is 2. The third-order valence-electron chi connectivity index (χ3n) is 3.98. The predicted molar refractivity (Wildman–Crippen MR) is 91.2 cm³/mol. The van der Waals surface area contributed by atoms with Crippen LogP contribution in [-0.4, -0.2) is 55.0 Å². The van der Waals surface area contributed by atoms with Crippen LogP contribution in [0.15, 0.2) is 23.2 Å². The fourth-order valence-electron chi connectivity index (χ4n) is 2.61. The third-order valence-corrected chi connectivity index (χ3v) is 4.21. The zero-order valence-corrected chi connectivity index (χ0v) is 14.1. The second kappa shape index (κ2) is 7.19. The number of carbonyl (C=O) groups excluding carboxylic acids is 2. The number of nitrogens with one attached hydrogen (secondary N) is 2. The second-order valence-electron chi connectivity index (χ2n) is 5.77. The van der Waals surface area contributed by atoms with Gasteiger partial charge in [-0.2, -0.15) is 0 Å². The lowest BCUT2D eigenvalue weighted by molar-refractivity contribution is -0.125. The summed E-state index contributed by atoms with van der Waals surface area (Å²) in [6.45, 7) is 4.31. The number of hydrogen-bond acceptors (Lipinski definition) is 5. The first-order chi connectivity index (χ1) is 11.5. The van der Waals surface area contributed by atoms with Crippen molar-refractivity contribution < 1.29 is 14.3 Å². The quantitative estimate of drug-likeness (QED) is 0.838. The lowest BCUT2D eigenvalue weighted by Gasteiger charge is -2.32. The van der Waals surface area contributed by atoms with Crippen molar-refractivity contribution in [1.82, 2.24) is 10.2 Å². The molecule has 24 heavy (non-hydrogen) atoms. The molecular weight excluding hydrogens is 332 g/mol. The number of carbonyl (C=O) groups is 2. The van der Waals surface area contributed by atoms with Gasteiger partial charge >= 0.3 is 0 Å². The van der Waals surface area contributed by atoms with Gasteiger partial charge in [0.25, 0.3) is 0 Å². The summed E-state index contributed by atoms with van der Waals surface area (Å²) in [6, 6.07) is 4.52. The number of nitrogens with zero attached hydrogens (tertiary/aromatic N) is 2. The number of hydrogen-bond donors (Lipinski definition) is 2. The molecule has 1 unspecified atom stereocenters. The number of benzene rings is 1. The van der Waals surface area contributed by atoms with Crippen LogP contribution in [0.2, 0.25) is 5.02 Å². The first kappa shape index (κ1) is 16.7. The lowest BCUT2D eigenvalue weighted by Crippen LogP contribution is -2.53. The minimum Gasteiger partial charge on any atom is -0.378 e. The fourth-order valence-corrected chi connectivity index (χ4v) is 2.78. The molecule has 0 aromatic heterocycles. The number of halogens is 1. The molecule has 1 atom stereocenters. The zero-order chi connectivity index (χ0) is 17.1. The molecule has 0 saturated carbocycles. The van der Waals surface area contributed by atoms with Crippen LogP contribution in [0, 0.1) is 6.92 Å². The Labute approximate surface area is 145 Å². The fraction of sp³-hybridized carbons (Fsp3) is 0.438. The predicted octanol–water partition coefficient (Wildman–Crippen LogP) is 1.16. The summed E-state index contributed by atoms with van der Waals surface area (Å²) < 4.78 is 5.29. The van der Waals surface area contributed by atoms with Crippen LogP contribution in [0.25, 0.3) is 0 Å². The molecule has 3 rings (SSSR count). The van der Waals surface area contributed by atoms with E-state index in [0.717, 1.165) is 5.56 Å². The van der Waals surface area contributed by atoms with E-state index in [4.69, 9.17) is 16.3 Å². The SMILES string of the molecule is Cc1ccc(Cl)cc1NC(=O)C1CC(=O)NC(N2CCOCC2)=N1. The van der Waals surface area contributed by atoms with Gasteiger partial charge in [-0.15, -0.1) is 0 Å². The minimum absolute atomic E-state index is 0.0271. The summed E-state index contributed by atoms with van der Waals surface area (Å²) in [4.78, 5) is 30.8. The van der Waals surface area contributed by atoms with Gasteiger partial charge in [-0.05, 0) is 24.6 Å². The maximum atomic E-state index is 12.5. The van der Waals surface area contributed by atoms with E-state index in [1.165, 1.54) is 0 Å². The number of aryl methyl sites for hydroxylation is 1. The molecule has 1 fully saturated rings. The Bertz CT molecular complexity index is 686. The average molecular weight is 351 g/mol. The molecule has 0 radical (unpaired) electrons. The van der Waals surface area contributed by atoms with Crippen LogP contribution in [0.1, 0.15) is 12.0 Å². The standard InChI is InChI=1S/C16H19ClN4O3/c1-10-2-3-11(17)8-12(10)18-15(23)13-9-14(22)20-16(19-13)21-4-6-24-7-5-21/h2-3,8,13H,4-7,9H2,1H3,(H,18,23)(H,19,20,22). The van der Waals surface area contributed by atoms with Crippen LogP contribution in [-0.2, 0) is 14.3 Å². The Balaban J connectivity index is 1.75. The molecule has 2 aliphatic rings. The largest absolute Gasteiger partial charge is 0.378 e. The zero-order valence-electron chi connectivity index (χ0n) is 13.3. The van der Waals surface area contributed by atoms with E-state index in [0.29, 0.717) is 43.0 Å². The highest BCUT2D eigenvalue weighted by Gasteiger charge is 2.30. The Kier molecular flexibility index (Phi) is 5.01. The van der Waals surface area contributed by atoms with E-state index in [1.807, 2.05) is 17.9 Å². The number of amides is 2. The van der Waals surface area contributed by atoms with Crippen molar-refractivity contribution in [3.8, 4) is 0 Å². The Morgan fingerprint density at radius 2 is 2.17 bits per heavy atom. The summed E-state index contributed by atoms with van der Waals surface area (Å²) in [6.07, 6.45) is 0.0271. The molecule has 2 amide bonds. The molecule has 2 N–H and O–H groups in total. The summed E-state index contributed by atoms with van der Waals surface area (Å²) in [5, 5.41) is 6.08. The second-order valence-corrected chi connectivity index (χ2v) is 6.21. The van der Waals surface area contributed by atoms with Crippen molar-refractivity contribution >= 4 is 35.1 Å². The summed E-state index contributed by atoms with van der Waals surface area (Å²) in [5.41, 5.74) is 1.52. The van der Waals surface area contributed by atoms with Crippen molar-refractivity contribution in [3.63, 3.8) is 0 Å². The molecule has 0 aliphatic carbocycles. The molecule has 128 valence electrons. The lowest BCUT2D eigenvalue weighted by atomic mass is 10.1. The molecular formula is C16H19ClN4O3.